The molecular formula is C20H21N3O. The fourth-order valence-corrected chi connectivity index (χ4v) is 2.85. The van der Waals surface area contributed by atoms with Crippen molar-refractivity contribution in [3.63, 3.8) is 0 Å². The second-order valence-corrected chi connectivity index (χ2v) is 6.22. The van der Waals surface area contributed by atoms with Crippen molar-refractivity contribution in [1.29, 1.82) is 0 Å². The van der Waals surface area contributed by atoms with Crippen LogP contribution >= 0.6 is 0 Å². The number of benzene rings is 1. The molecule has 1 aromatic carbocycles. The monoisotopic (exact) mass is 319 g/mol. The third-order valence-electron chi connectivity index (χ3n) is 4.27. The molecule has 1 saturated carbocycles. The van der Waals surface area contributed by atoms with E-state index in [9.17, 15) is 0 Å². The van der Waals surface area contributed by atoms with E-state index in [1.807, 2.05) is 31.2 Å². The van der Waals surface area contributed by atoms with Crippen molar-refractivity contribution in [2.75, 3.05) is 0 Å². The van der Waals surface area contributed by atoms with Crippen LogP contribution in [0.2, 0.25) is 0 Å². The Morgan fingerprint density at radius 1 is 1.25 bits per heavy atom. The summed E-state index contributed by atoms with van der Waals surface area (Å²) in [4.78, 5) is 7.65. The maximum absolute atomic E-state index is 7.14. The highest BCUT2D eigenvalue weighted by Crippen LogP contribution is 2.28. The van der Waals surface area contributed by atoms with Crippen LogP contribution in [0.3, 0.4) is 0 Å². The minimum atomic E-state index is 0.348. The van der Waals surface area contributed by atoms with Crippen LogP contribution in [-0.4, -0.2) is 11.0 Å². The lowest BCUT2D eigenvalue weighted by atomic mass is 9.90. The lowest BCUT2D eigenvalue weighted by Gasteiger charge is -2.20. The first-order valence-electron chi connectivity index (χ1n) is 8.22. The molecule has 1 fully saturated rings. The largest absolute Gasteiger partial charge is 0.421 e. The third kappa shape index (κ3) is 4.01. The summed E-state index contributed by atoms with van der Waals surface area (Å²) in [6.45, 7) is 9.01. The summed E-state index contributed by atoms with van der Waals surface area (Å²) in [6, 6.07) is 11.9. The first kappa shape index (κ1) is 16.2. The van der Waals surface area contributed by atoms with Crippen LogP contribution in [0.5, 0.6) is 11.6 Å². The Kier molecular flexibility index (Phi) is 4.93. The molecule has 122 valence electrons. The van der Waals surface area contributed by atoms with Crippen molar-refractivity contribution < 1.29 is 4.74 Å². The maximum Gasteiger partial charge on any atom is 0.314 e. The van der Waals surface area contributed by atoms with Gasteiger partial charge in [-0.05, 0) is 55.9 Å². The van der Waals surface area contributed by atoms with Gasteiger partial charge in [0.2, 0.25) is 0 Å². The maximum atomic E-state index is 7.14. The number of ether oxygens (including phenoxy) is 1. The number of allylic oxidation sites excluding steroid dienone is 1. The van der Waals surface area contributed by atoms with Crippen molar-refractivity contribution in [3.8, 4) is 11.6 Å². The van der Waals surface area contributed by atoms with Crippen LogP contribution < -0.4 is 10.5 Å². The van der Waals surface area contributed by atoms with Gasteiger partial charge < -0.3 is 15.3 Å². The molecule has 0 saturated heterocycles. The van der Waals surface area contributed by atoms with Crippen molar-refractivity contribution in [3.05, 3.63) is 64.5 Å². The molecule has 0 aliphatic heterocycles. The van der Waals surface area contributed by atoms with Gasteiger partial charge in [-0.1, -0.05) is 41.4 Å². The molecule has 3 rings (SSSR count). The minimum Gasteiger partial charge on any atom is -0.421 e. The van der Waals surface area contributed by atoms with Crippen molar-refractivity contribution in [1.82, 2.24) is 4.98 Å². The highest BCUT2D eigenvalue weighted by atomic mass is 16.5. The smallest absolute Gasteiger partial charge is 0.314 e. The second kappa shape index (κ2) is 7.29. The van der Waals surface area contributed by atoms with E-state index in [1.54, 1.807) is 6.07 Å². The van der Waals surface area contributed by atoms with Gasteiger partial charge in [-0.3, -0.25) is 0 Å². The number of aromatic nitrogens is 1. The van der Waals surface area contributed by atoms with Crippen LogP contribution in [-0.2, 0) is 0 Å². The molecule has 24 heavy (non-hydrogen) atoms. The molecule has 0 unspecified atom stereocenters. The summed E-state index contributed by atoms with van der Waals surface area (Å²) in [5.74, 6) is 1.55. The molecule has 1 heterocycles. The van der Waals surface area contributed by atoms with E-state index in [4.69, 9.17) is 17.0 Å². The van der Waals surface area contributed by atoms with Crippen LogP contribution in [0.15, 0.2) is 42.0 Å². The predicted octanol–water partition coefficient (Wildman–Crippen LogP) is 5.02. The zero-order chi connectivity index (χ0) is 16.9. The van der Waals surface area contributed by atoms with Gasteiger partial charge in [0.05, 0.1) is 0 Å². The van der Waals surface area contributed by atoms with Gasteiger partial charge in [0.1, 0.15) is 5.75 Å². The Labute approximate surface area is 142 Å². The Morgan fingerprint density at radius 3 is 2.79 bits per heavy atom. The number of hydrogen-bond acceptors (Lipinski definition) is 3. The molecule has 0 atom stereocenters. The van der Waals surface area contributed by atoms with Crippen LogP contribution in [0.25, 0.3) is 10.9 Å². The van der Waals surface area contributed by atoms with E-state index in [-0.39, 0.29) is 0 Å². The molecule has 0 radical (unpaired) electrons. The van der Waals surface area contributed by atoms with Gasteiger partial charge in [-0.15, -0.1) is 0 Å². The number of nitrogens with zero attached hydrogens (tertiary/aromatic N) is 2. The van der Waals surface area contributed by atoms with Gasteiger partial charge >= 0.3 is 5.88 Å². The summed E-state index contributed by atoms with van der Waals surface area (Å²) in [5, 5.41) is 0. The fourth-order valence-electron chi connectivity index (χ4n) is 2.85. The lowest BCUT2D eigenvalue weighted by molar-refractivity contribution is 0.463. The average Bonchev–Trinajstić information content (AvgIpc) is 2.59. The molecule has 2 N–H and O–H groups in total. The zero-order valence-electron chi connectivity index (χ0n) is 13.8. The summed E-state index contributed by atoms with van der Waals surface area (Å²) < 4.78 is 5.82. The molecule has 0 bridgehead atoms. The Hall–Kier alpha value is -2.64. The molecule has 0 amide bonds. The molecule has 4 nitrogen and oxygen atoms in total. The van der Waals surface area contributed by atoms with E-state index in [1.165, 1.54) is 5.57 Å². The molecule has 0 spiro atoms. The van der Waals surface area contributed by atoms with Crippen molar-refractivity contribution >= 4 is 11.9 Å². The Morgan fingerprint density at radius 2 is 2.04 bits per heavy atom. The topological polar surface area (TPSA) is 52.5 Å². The van der Waals surface area contributed by atoms with Crippen LogP contribution in [0.4, 0.5) is 5.82 Å². The SMILES string of the molecule is [C-]#[N+]c1nc(Oc2cccc(C=C3CCC(N)CC3)c2)ccc1C. The van der Waals surface area contributed by atoms with Crippen LogP contribution in [0.1, 0.15) is 36.8 Å². The van der Waals surface area contributed by atoms with Gasteiger partial charge in [0, 0.05) is 12.1 Å². The number of nitrogens with two attached hydrogens (primary N) is 1. The van der Waals surface area contributed by atoms with E-state index >= 15 is 0 Å². The van der Waals surface area contributed by atoms with Crippen molar-refractivity contribution in [2.24, 2.45) is 5.73 Å². The normalized spacial score (nSPS) is 17.2. The quantitative estimate of drug-likeness (QED) is 0.808. The molecule has 4 heteroatoms. The lowest BCUT2D eigenvalue weighted by Crippen LogP contribution is -2.23. The number of pyridine rings is 1. The number of rotatable bonds is 3. The minimum absolute atomic E-state index is 0.348. The van der Waals surface area contributed by atoms with Crippen LogP contribution in [0, 0.1) is 13.5 Å². The van der Waals surface area contributed by atoms with E-state index in [0.29, 0.717) is 17.7 Å². The molecule has 1 aliphatic carbocycles. The molecule has 1 aromatic heterocycles. The van der Waals surface area contributed by atoms with Gasteiger partial charge in [-0.25, -0.2) is 0 Å². The first-order chi connectivity index (χ1) is 11.6. The fraction of sp³-hybridized carbons (Fsp3) is 0.300. The third-order valence-corrected chi connectivity index (χ3v) is 4.27. The Bertz CT molecular complexity index is 795. The van der Waals surface area contributed by atoms with Gasteiger partial charge in [0.25, 0.3) is 5.82 Å². The van der Waals surface area contributed by atoms with E-state index < -0.39 is 0 Å². The zero-order valence-corrected chi connectivity index (χ0v) is 13.8. The van der Waals surface area contributed by atoms with Gasteiger partial charge in [-0.2, -0.15) is 0 Å². The van der Waals surface area contributed by atoms with Gasteiger partial charge in [0.15, 0.2) is 0 Å². The summed E-state index contributed by atoms with van der Waals surface area (Å²) in [6.07, 6.45) is 6.50. The summed E-state index contributed by atoms with van der Waals surface area (Å²) >= 11 is 0. The predicted molar refractivity (Wildman–Crippen MR) is 96.2 cm³/mol. The Balaban J connectivity index is 1.76. The van der Waals surface area contributed by atoms with E-state index in [2.05, 4.69) is 22.0 Å². The number of hydrogen-bond donors (Lipinski definition) is 1. The molecule has 2 aromatic rings. The standard InChI is InChI=1S/C20H21N3O/c1-14-6-11-19(23-20(14)22-2)24-18-5-3-4-16(13-18)12-15-7-9-17(21)10-8-15/h3-6,11-13,17H,7-10,21H2,1H3. The number of aryl methyl sites for hydroxylation is 1. The van der Waals surface area contributed by atoms with Crippen molar-refractivity contribution in [2.45, 2.75) is 38.6 Å². The second-order valence-electron chi connectivity index (χ2n) is 6.22. The van der Waals surface area contributed by atoms with E-state index in [0.717, 1.165) is 42.6 Å². The summed E-state index contributed by atoms with van der Waals surface area (Å²) in [5.41, 5.74) is 9.38. The molecule has 1 aliphatic rings. The highest BCUT2D eigenvalue weighted by molar-refractivity contribution is 5.55. The highest BCUT2D eigenvalue weighted by Gasteiger charge is 2.12. The average molecular weight is 319 g/mol. The first-order valence-corrected chi connectivity index (χ1v) is 8.22. The molecular weight excluding hydrogens is 298 g/mol. The summed E-state index contributed by atoms with van der Waals surface area (Å²) in [7, 11) is 0.